The zero-order valence-corrected chi connectivity index (χ0v) is 12.8. The van der Waals surface area contributed by atoms with Gasteiger partial charge in [0.1, 0.15) is 5.75 Å². The van der Waals surface area contributed by atoms with E-state index in [1.54, 1.807) is 6.21 Å². The van der Waals surface area contributed by atoms with E-state index in [1.165, 1.54) is 0 Å². The highest BCUT2D eigenvalue weighted by molar-refractivity contribution is 5.83. The fourth-order valence-electron chi connectivity index (χ4n) is 1.90. The second-order valence-corrected chi connectivity index (χ2v) is 5.19. The van der Waals surface area contributed by atoms with Gasteiger partial charge in [0.25, 0.3) is 0 Å². The number of rotatable bonds is 6. The van der Waals surface area contributed by atoms with Gasteiger partial charge in [0.05, 0.1) is 18.7 Å². The van der Waals surface area contributed by atoms with Gasteiger partial charge in [0.2, 0.25) is 5.91 Å². The molecule has 1 N–H and O–H groups in total. The fraction of sp³-hybridized carbons (Fsp3) is 0.222. The first kappa shape index (κ1) is 15.8. The Morgan fingerprint density at radius 1 is 1.14 bits per heavy atom. The standard InChI is InChI=1S/C18H20N2O2/c1-14(2)22-17-10-8-16(9-11-17)13-19-20-18(21)12-15-6-4-3-5-7-15/h3-11,13-14H,12H2,1-2H3,(H,20,21). The Balaban J connectivity index is 1.83. The molecule has 0 atom stereocenters. The number of nitrogens with zero attached hydrogens (tertiary/aromatic N) is 1. The van der Waals surface area contributed by atoms with Gasteiger partial charge < -0.3 is 4.74 Å². The van der Waals surface area contributed by atoms with E-state index in [0.717, 1.165) is 16.9 Å². The molecule has 0 aliphatic heterocycles. The van der Waals surface area contributed by atoms with Crippen LogP contribution >= 0.6 is 0 Å². The third-order valence-electron chi connectivity index (χ3n) is 2.86. The number of benzene rings is 2. The highest BCUT2D eigenvalue weighted by atomic mass is 16.5. The van der Waals surface area contributed by atoms with Crippen LogP contribution in [0.2, 0.25) is 0 Å². The van der Waals surface area contributed by atoms with Crippen molar-refractivity contribution < 1.29 is 9.53 Å². The summed E-state index contributed by atoms with van der Waals surface area (Å²) in [5.74, 6) is 0.683. The molecule has 2 rings (SSSR count). The van der Waals surface area contributed by atoms with Crippen molar-refractivity contribution in [1.29, 1.82) is 0 Å². The van der Waals surface area contributed by atoms with Gasteiger partial charge in [0, 0.05) is 0 Å². The third-order valence-corrected chi connectivity index (χ3v) is 2.86. The van der Waals surface area contributed by atoms with Crippen LogP contribution in [0.5, 0.6) is 5.75 Å². The molecular formula is C18H20N2O2. The van der Waals surface area contributed by atoms with Crippen LogP contribution in [0.4, 0.5) is 0 Å². The van der Waals surface area contributed by atoms with Gasteiger partial charge in [-0.3, -0.25) is 4.79 Å². The molecule has 0 saturated heterocycles. The molecule has 22 heavy (non-hydrogen) atoms. The quantitative estimate of drug-likeness (QED) is 0.657. The maximum absolute atomic E-state index is 11.7. The van der Waals surface area contributed by atoms with E-state index < -0.39 is 0 Å². The molecule has 0 saturated carbocycles. The number of carbonyl (C=O) groups is 1. The fourth-order valence-corrected chi connectivity index (χ4v) is 1.90. The minimum absolute atomic E-state index is 0.137. The molecule has 2 aromatic carbocycles. The van der Waals surface area contributed by atoms with Gasteiger partial charge in [-0.05, 0) is 49.2 Å². The van der Waals surface area contributed by atoms with Gasteiger partial charge in [-0.1, -0.05) is 30.3 Å². The maximum atomic E-state index is 11.7. The average Bonchev–Trinajstić information content (AvgIpc) is 2.49. The van der Waals surface area contributed by atoms with Crippen molar-refractivity contribution in [2.24, 2.45) is 5.10 Å². The first-order valence-electron chi connectivity index (χ1n) is 7.26. The molecule has 4 nitrogen and oxygen atoms in total. The van der Waals surface area contributed by atoms with Gasteiger partial charge in [-0.25, -0.2) is 5.43 Å². The number of ether oxygens (including phenoxy) is 1. The summed E-state index contributed by atoms with van der Waals surface area (Å²) in [6.45, 7) is 3.97. The van der Waals surface area contributed by atoms with Crippen molar-refractivity contribution >= 4 is 12.1 Å². The van der Waals surface area contributed by atoms with Crippen molar-refractivity contribution in [2.75, 3.05) is 0 Å². The molecule has 0 unspecified atom stereocenters. The molecule has 0 aliphatic carbocycles. The monoisotopic (exact) mass is 296 g/mol. The maximum Gasteiger partial charge on any atom is 0.244 e. The summed E-state index contributed by atoms with van der Waals surface area (Å²) in [4.78, 5) is 11.7. The van der Waals surface area contributed by atoms with Gasteiger partial charge in [-0.15, -0.1) is 0 Å². The highest BCUT2D eigenvalue weighted by Crippen LogP contribution is 2.12. The topological polar surface area (TPSA) is 50.7 Å². The smallest absolute Gasteiger partial charge is 0.244 e. The molecule has 4 heteroatoms. The lowest BCUT2D eigenvalue weighted by Crippen LogP contribution is -2.19. The van der Waals surface area contributed by atoms with Crippen LogP contribution in [0.25, 0.3) is 0 Å². The van der Waals surface area contributed by atoms with Gasteiger partial charge in [-0.2, -0.15) is 5.10 Å². The lowest BCUT2D eigenvalue weighted by Gasteiger charge is -2.09. The number of hydrazone groups is 1. The number of hydrogen-bond acceptors (Lipinski definition) is 3. The first-order valence-corrected chi connectivity index (χ1v) is 7.26. The van der Waals surface area contributed by atoms with Crippen molar-refractivity contribution in [3.8, 4) is 5.75 Å². The number of hydrogen-bond donors (Lipinski definition) is 1. The summed E-state index contributed by atoms with van der Waals surface area (Å²) >= 11 is 0. The summed E-state index contributed by atoms with van der Waals surface area (Å²) in [5, 5.41) is 3.96. The number of nitrogens with one attached hydrogen (secondary N) is 1. The summed E-state index contributed by atoms with van der Waals surface area (Å²) in [5.41, 5.74) is 4.39. The van der Waals surface area contributed by atoms with E-state index in [2.05, 4.69) is 10.5 Å². The molecule has 2 aromatic rings. The Morgan fingerprint density at radius 3 is 2.45 bits per heavy atom. The molecule has 0 radical (unpaired) electrons. The van der Waals surface area contributed by atoms with Crippen LogP contribution in [-0.4, -0.2) is 18.2 Å². The molecule has 0 bridgehead atoms. The van der Waals surface area contributed by atoms with E-state index >= 15 is 0 Å². The molecule has 114 valence electrons. The van der Waals surface area contributed by atoms with Crippen molar-refractivity contribution in [2.45, 2.75) is 26.4 Å². The molecule has 0 aromatic heterocycles. The van der Waals surface area contributed by atoms with Crippen molar-refractivity contribution in [1.82, 2.24) is 5.43 Å². The number of carbonyl (C=O) groups excluding carboxylic acids is 1. The summed E-state index contributed by atoms with van der Waals surface area (Å²) in [6, 6.07) is 17.1. The Morgan fingerprint density at radius 2 is 1.82 bits per heavy atom. The van der Waals surface area contributed by atoms with Crippen molar-refractivity contribution in [3.63, 3.8) is 0 Å². The van der Waals surface area contributed by atoms with E-state index in [1.807, 2.05) is 68.4 Å². The van der Waals surface area contributed by atoms with Crippen molar-refractivity contribution in [3.05, 3.63) is 65.7 Å². The molecule has 0 fully saturated rings. The normalized spacial score (nSPS) is 10.9. The van der Waals surface area contributed by atoms with E-state index in [0.29, 0.717) is 6.42 Å². The first-order chi connectivity index (χ1) is 10.6. The lowest BCUT2D eigenvalue weighted by molar-refractivity contribution is -0.120. The van der Waals surface area contributed by atoms with Gasteiger partial charge >= 0.3 is 0 Å². The summed E-state index contributed by atoms with van der Waals surface area (Å²) < 4.78 is 5.56. The van der Waals surface area contributed by atoms with E-state index in [-0.39, 0.29) is 12.0 Å². The molecule has 1 amide bonds. The summed E-state index contributed by atoms with van der Waals surface area (Å²) in [7, 11) is 0. The Kier molecular flexibility index (Phi) is 5.72. The van der Waals surface area contributed by atoms with Crippen LogP contribution in [0.1, 0.15) is 25.0 Å². The van der Waals surface area contributed by atoms with E-state index in [4.69, 9.17) is 4.74 Å². The summed E-state index contributed by atoms with van der Waals surface area (Å²) in [6.07, 6.45) is 2.08. The predicted octanol–water partition coefficient (Wildman–Crippen LogP) is 3.17. The van der Waals surface area contributed by atoms with Gasteiger partial charge in [0.15, 0.2) is 0 Å². The minimum atomic E-state index is -0.137. The Bertz CT molecular complexity index is 619. The zero-order valence-electron chi connectivity index (χ0n) is 12.8. The molecular weight excluding hydrogens is 276 g/mol. The van der Waals surface area contributed by atoms with E-state index in [9.17, 15) is 4.79 Å². The Labute approximate surface area is 130 Å². The third kappa shape index (κ3) is 5.40. The lowest BCUT2D eigenvalue weighted by atomic mass is 10.1. The van der Waals surface area contributed by atoms with Crippen LogP contribution in [-0.2, 0) is 11.2 Å². The zero-order chi connectivity index (χ0) is 15.8. The molecule has 0 aliphatic rings. The largest absolute Gasteiger partial charge is 0.491 e. The second-order valence-electron chi connectivity index (χ2n) is 5.19. The predicted molar refractivity (Wildman–Crippen MR) is 88.1 cm³/mol. The minimum Gasteiger partial charge on any atom is -0.491 e. The molecule has 0 heterocycles. The van der Waals surface area contributed by atoms with Crippen LogP contribution in [0.15, 0.2) is 59.7 Å². The number of amides is 1. The Hall–Kier alpha value is -2.62. The SMILES string of the molecule is CC(C)Oc1ccc(C=NNC(=O)Cc2ccccc2)cc1. The second kappa shape index (κ2) is 7.98. The van der Waals surface area contributed by atoms with Crippen LogP contribution < -0.4 is 10.2 Å². The van der Waals surface area contributed by atoms with Crippen LogP contribution in [0.3, 0.4) is 0 Å². The highest BCUT2D eigenvalue weighted by Gasteiger charge is 2.01. The molecule has 0 spiro atoms. The van der Waals surface area contributed by atoms with Crippen LogP contribution in [0, 0.1) is 0 Å². The average molecular weight is 296 g/mol.